The Labute approximate surface area is 197 Å². The summed E-state index contributed by atoms with van der Waals surface area (Å²) in [6, 6.07) is 11.9. The predicted octanol–water partition coefficient (Wildman–Crippen LogP) is 4.43. The maximum absolute atomic E-state index is 14.7. The predicted molar refractivity (Wildman–Crippen MR) is 121 cm³/mol. The molecule has 0 saturated carbocycles. The molecule has 2 amide bonds. The third kappa shape index (κ3) is 5.24. The van der Waals surface area contributed by atoms with Crippen molar-refractivity contribution >= 4 is 17.5 Å². The molecule has 11 heteroatoms. The van der Waals surface area contributed by atoms with Crippen LogP contribution in [0.25, 0.3) is 11.3 Å². The van der Waals surface area contributed by atoms with Crippen LogP contribution in [0, 0.1) is 11.6 Å². The first kappa shape index (κ1) is 23.4. The van der Waals surface area contributed by atoms with Gasteiger partial charge in [0, 0.05) is 36.6 Å². The van der Waals surface area contributed by atoms with Gasteiger partial charge in [0.1, 0.15) is 17.3 Å². The summed E-state index contributed by atoms with van der Waals surface area (Å²) in [5.41, 5.74) is 0.491. The zero-order valence-electron chi connectivity index (χ0n) is 18.5. The van der Waals surface area contributed by atoms with Gasteiger partial charge in [0.05, 0.1) is 7.11 Å². The molecule has 0 fully saturated rings. The van der Waals surface area contributed by atoms with E-state index < -0.39 is 23.4 Å². The van der Waals surface area contributed by atoms with Crippen LogP contribution >= 0.6 is 0 Å². The lowest BCUT2D eigenvalue weighted by Gasteiger charge is -2.10. The number of carbonyl (C=O) groups excluding carboxylic acids is 2. The second kappa shape index (κ2) is 10.00. The van der Waals surface area contributed by atoms with Crippen LogP contribution in [0.3, 0.4) is 0 Å². The van der Waals surface area contributed by atoms with E-state index in [-0.39, 0.29) is 40.4 Å². The summed E-state index contributed by atoms with van der Waals surface area (Å²) in [5, 5.41) is 4.97. The third-order valence-electron chi connectivity index (χ3n) is 4.71. The molecule has 0 saturated heterocycles. The first-order chi connectivity index (χ1) is 16.9. The molecule has 0 unspecified atom stereocenters. The number of amides is 2. The number of carbonyl (C=O) groups is 2. The van der Waals surface area contributed by atoms with Gasteiger partial charge in [-0.15, -0.1) is 0 Å². The number of nitrogens with zero attached hydrogens (tertiary/aromatic N) is 2. The smallest absolute Gasteiger partial charge is 0.394 e. The van der Waals surface area contributed by atoms with Gasteiger partial charge in [-0.05, 0) is 42.5 Å². The quantitative estimate of drug-likeness (QED) is 0.402. The van der Waals surface area contributed by atoms with E-state index in [2.05, 4.69) is 20.6 Å². The SMILES string of the molecule is CNC(=O)c1cc(Oc2ccc(NC(=O)c3nc(OC)oc3-c3ccc(F)cc3)cc2F)ccn1. The number of halogens is 2. The van der Waals surface area contributed by atoms with Gasteiger partial charge >= 0.3 is 6.08 Å². The molecule has 35 heavy (non-hydrogen) atoms. The molecular formula is C24H18F2N4O5. The van der Waals surface area contributed by atoms with E-state index in [4.69, 9.17) is 13.9 Å². The van der Waals surface area contributed by atoms with Gasteiger partial charge < -0.3 is 24.5 Å². The largest absolute Gasteiger partial charge is 0.454 e. The summed E-state index contributed by atoms with van der Waals surface area (Å²) in [6.07, 6.45) is 1.19. The van der Waals surface area contributed by atoms with Crippen molar-refractivity contribution < 1.29 is 32.3 Å². The summed E-state index contributed by atoms with van der Waals surface area (Å²) in [4.78, 5) is 32.5. The number of hydrogen-bond donors (Lipinski definition) is 2. The lowest BCUT2D eigenvalue weighted by Crippen LogP contribution is -2.18. The highest BCUT2D eigenvalue weighted by atomic mass is 19.1. The number of rotatable bonds is 7. The van der Waals surface area contributed by atoms with Crippen LogP contribution in [-0.2, 0) is 0 Å². The number of hydrogen-bond acceptors (Lipinski definition) is 7. The number of nitrogens with one attached hydrogen (secondary N) is 2. The first-order valence-corrected chi connectivity index (χ1v) is 10.2. The van der Waals surface area contributed by atoms with Crippen molar-refractivity contribution in [2.24, 2.45) is 0 Å². The Bertz CT molecular complexity index is 1390. The summed E-state index contributed by atoms with van der Waals surface area (Å²) >= 11 is 0. The number of anilines is 1. The Balaban J connectivity index is 1.53. The molecular weight excluding hydrogens is 462 g/mol. The van der Waals surface area contributed by atoms with Crippen LogP contribution in [0.5, 0.6) is 17.6 Å². The van der Waals surface area contributed by atoms with Crippen LogP contribution < -0.4 is 20.1 Å². The Kier molecular flexibility index (Phi) is 6.67. The van der Waals surface area contributed by atoms with Crippen molar-refractivity contribution in [3.8, 4) is 28.9 Å². The number of oxazole rings is 1. The van der Waals surface area contributed by atoms with Gasteiger partial charge in [-0.2, -0.15) is 4.98 Å². The fourth-order valence-electron chi connectivity index (χ4n) is 3.04. The van der Waals surface area contributed by atoms with Crippen LogP contribution in [-0.4, -0.2) is 35.9 Å². The second-order valence-electron chi connectivity index (χ2n) is 7.03. The molecule has 0 aliphatic heterocycles. The molecule has 0 atom stereocenters. The maximum Gasteiger partial charge on any atom is 0.394 e. The van der Waals surface area contributed by atoms with Gasteiger partial charge in [0.15, 0.2) is 23.0 Å². The van der Waals surface area contributed by atoms with E-state index in [1.165, 1.54) is 68.9 Å². The molecule has 2 aromatic carbocycles. The minimum atomic E-state index is -0.766. The molecule has 4 aromatic rings. The average molecular weight is 480 g/mol. The second-order valence-corrected chi connectivity index (χ2v) is 7.03. The first-order valence-electron chi connectivity index (χ1n) is 10.2. The van der Waals surface area contributed by atoms with Crippen molar-refractivity contribution in [3.63, 3.8) is 0 Å². The maximum atomic E-state index is 14.7. The van der Waals surface area contributed by atoms with Crippen molar-refractivity contribution in [3.05, 3.63) is 83.8 Å². The Hall–Kier alpha value is -4.80. The van der Waals surface area contributed by atoms with Crippen molar-refractivity contribution in [2.75, 3.05) is 19.5 Å². The number of aromatic nitrogens is 2. The topological polar surface area (TPSA) is 116 Å². The molecule has 0 bridgehead atoms. The van der Waals surface area contributed by atoms with Crippen LogP contribution in [0.15, 0.2) is 65.2 Å². The lowest BCUT2D eigenvalue weighted by molar-refractivity contribution is 0.0957. The fraction of sp³-hybridized carbons (Fsp3) is 0.0833. The Morgan fingerprint density at radius 1 is 1.00 bits per heavy atom. The molecule has 2 aromatic heterocycles. The minimum absolute atomic E-state index is 0.0596. The zero-order chi connectivity index (χ0) is 24.9. The number of pyridine rings is 1. The van der Waals surface area contributed by atoms with E-state index in [0.717, 1.165) is 6.07 Å². The normalized spacial score (nSPS) is 10.5. The van der Waals surface area contributed by atoms with Crippen LogP contribution in [0.2, 0.25) is 0 Å². The monoisotopic (exact) mass is 480 g/mol. The number of methoxy groups -OCH3 is 1. The van der Waals surface area contributed by atoms with E-state index in [1.807, 2.05) is 0 Å². The lowest BCUT2D eigenvalue weighted by atomic mass is 10.1. The number of benzene rings is 2. The fourth-order valence-corrected chi connectivity index (χ4v) is 3.04. The molecule has 0 spiro atoms. The molecule has 4 rings (SSSR count). The molecule has 2 N–H and O–H groups in total. The molecule has 2 heterocycles. The number of ether oxygens (including phenoxy) is 2. The van der Waals surface area contributed by atoms with Crippen LogP contribution in [0.4, 0.5) is 14.5 Å². The summed E-state index contributed by atoms with van der Waals surface area (Å²) in [5.74, 6) is -2.21. The van der Waals surface area contributed by atoms with Gasteiger partial charge in [-0.3, -0.25) is 14.6 Å². The Morgan fingerprint density at radius 2 is 1.77 bits per heavy atom. The van der Waals surface area contributed by atoms with Gasteiger partial charge in [-0.1, -0.05) is 0 Å². The van der Waals surface area contributed by atoms with Gasteiger partial charge in [-0.25, -0.2) is 8.78 Å². The summed E-state index contributed by atoms with van der Waals surface area (Å²) in [7, 11) is 2.78. The molecule has 0 radical (unpaired) electrons. The molecule has 178 valence electrons. The standard InChI is InChI=1S/C24H18F2N4O5/c1-27-22(31)18-12-16(9-10-28-18)34-19-8-7-15(11-17(19)26)29-23(32)20-21(35-24(30-20)33-2)13-3-5-14(25)6-4-13/h3-12H,1-2H3,(H,27,31)(H,29,32). The average Bonchev–Trinajstić information content (AvgIpc) is 3.31. The van der Waals surface area contributed by atoms with Gasteiger partial charge in [0.2, 0.25) is 0 Å². The van der Waals surface area contributed by atoms with E-state index >= 15 is 0 Å². The third-order valence-corrected chi connectivity index (χ3v) is 4.71. The van der Waals surface area contributed by atoms with E-state index in [0.29, 0.717) is 5.56 Å². The highest BCUT2D eigenvalue weighted by Gasteiger charge is 2.23. The van der Waals surface area contributed by atoms with Crippen LogP contribution in [0.1, 0.15) is 21.0 Å². The zero-order valence-corrected chi connectivity index (χ0v) is 18.5. The van der Waals surface area contributed by atoms with Gasteiger partial charge in [0.25, 0.3) is 11.8 Å². The minimum Gasteiger partial charge on any atom is -0.454 e. The van der Waals surface area contributed by atoms with E-state index in [1.54, 1.807) is 0 Å². The Morgan fingerprint density at radius 3 is 2.46 bits per heavy atom. The van der Waals surface area contributed by atoms with Crippen molar-refractivity contribution in [1.82, 2.24) is 15.3 Å². The van der Waals surface area contributed by atoms with Crippen molar-refractivity contribution in [1.29, 1.82) is 0 Å². The summed E-state index contributed by atoms with van der Waals surface area (Å²) < 4.78 is 43.9. The molecule has 0 aliphatic carbocycles. The highest BCUT2D eigenvalue weighted by molar-refractivity contribution is 6.06. The highest BCUT2D eigenvalue weighted by Crippen LogP contribution is 2.30. The van der Waals surface area contributed by atoms with Crippen molar-refractivity contribution in [2.45, 2.75) is 0 Å². The molecule has 0 aliphatic rings. The van der Waals surface area contributed by atoms with E-state index in [9.17, 15) is 18.4 Å². The summed E-state index contributed by atoms with van der Waals surface area (Å²) in [6.45, 7) is 0. The molecule has 9 nitrogen and oxygen atoms in total.